The van der Waals surface area contributed by atoms with Crippen LogP contribution in [0.1, 0.15) is 16.5 Å². The number of hydrogen-bond donors (Lipinski definition) is 0. The van der Waals surface area contributed by atoms with E-state index in [1.165, 1.54) is 20.3 Å². The van der Waals surface area contributed by atoms with Crippen molar-refractivity contribution in [3.63, 3.8) is 0 Å². The van der Waals surface area contributed by atoms with E-state index >= 15 is 0 Å². The van der Waals surface area contributed by atoms with Crippen molar-refractivity contribution >= 4 is 23.2 Å². The molecule has 0 N–H and O–H groups in total. The van der Waals surface area contributed by atoms with Crippen molar-refractivity contribution in [3.8, 4) is 11.5 Å². The van der Waals surface area contributed by atoms with Gasteiger partial charge in [0.2, 0.25) is 0 Å². The van der Waals surface area contributed by atoms with E-state index in [1.54, 1.807) is 30.3 Å². The monoisotopic (exact) mass is 314 g/mol. The van der Waals surface area contributed by atoms with Crippen LogP contribution in [0.4, 0.5) is 4.39 Å². The van der Waals surface area contributed by atoms with Crippen LogP contribution in [-0.4, -0.2) is 14.2 Å². The molecule has 0 aliphatic carbocycles. The average molecular weight is 315 g/mol. The van der Waals surface area contributed by atoms with Crippen molar-refractivity contribution in [1.82, 2.24) is 0 Å². The summed E-state index contributed by atoms with van der Waals surface area (Å²) in [7, 11) is 2.94. The molecule has 20 heavy (non-hydrogen) atoms. The Balaban J connectivity index is 2.43. The Morgan fingerprint density at radius 2 is 1.55 bits per heavy atom. The number of ether oxygens (including phenoxy) is 2. The molecule has 0 aliphatic heterocycles. The number of methoxy groups -OCH3 is 2. The molecular formula is C15H13Cl2FO2. The van der Waals surface area contributed by atoms with E-state index in [9.17, 15) is 4.39 Å². The lowest BCUT2D eigenvalue weighted by atomic mass is 10.0. The molecule has 0 heterocycles. The highest BCUT2D eigenvalue weighted by molar-refractivity contribution is 6.30. The van der Waals surface area contributed by atoms with Gasteiger partial charge in [-0.2, -0.15) is 0 Å². The molecule has 0 saturated carbocycles. The summed E-state index contributed by atoms with van der Waals surface area (Å²) in [4.78, 5) is 0. The van der Waals surface area contributed by atoms with E-state index in [-0.39, 0.29) is 0 Å². The molecule has 0 radical (unpaired) electrons. The Labute approximate surface area is 127 Å². The van der Waals surface area contributed by atoms with Gasteiger partial charge in [-0.1, -0.05) is 23.7 Å². The number of rotatable bonds is 4. The van der Waals surface area contributed by atoms with Gasteiger partial charge in [-0.3, -0.25) is 0 Å². The van der Waals surface area contributed by atoms with Gasteiger partial charge in [0.1, 0.15) is 5.82 Å². The second-order valence-corrected chi connectivity index (χ2v) is 5.02. The van der Waals surface area contributed by atoms with E-state index in [0.717, 1.165) is 5.56 Å². The Hall–Kier alpha value is -1.45. The maximum absolute atomic E-state index is 14.1. The molecular weight excluding hydrogens is 302 g/mol. The maximum Gasteiger partial charge on any atom is 0.163 e. The summed E-state index contributed by atoms with van der Waals surface area (Å²) in [5.74, 6) is 0.315. The second kappa shape index (κ2) is 6.33. The number of alkyl halides is 1. The normalized spacial score (nSPS) is 12.1. The first-order valence-electron chi connectivity index (χ1n) is 5.87. The second-order valence-electron chi connectivity index (χ2n) is 4.14. The average Bonchev–Trinajstić information content (AvgIpc) is 2.47. The zero-order valence-corrected chi connectivity index (χ0v) is 12.5. The zero-order chi connectivity index (χ0) is 14.7. The Bertz CT molecular complexity index is 600. The largest absolute Gasteiger partial charge is 0.493 e. The van der Waals surface area contributed by atoms with Crippen molar-refractivity contribution in [3.05, 3.63) is 58.4 Å². The third-order valence-corrected chi connectivity index (χ3v) is 3.68. The first-order valence-corrected chi connectivity index (χ1v) is 6.69. The molecule has 0 spiro atoms. The number of hydrogen-bond acceptors (Lipinski definition) is 2. The molecule has 2 rings (SSSR count). The Morgan fingerprint density at radius 3 is 2.10 bits per heavy atom. The fourth-order valence-corrected chi connectivity index (χ4v) is 2.31. The van der Waals surface area contributed by atoms with Crippen molar-refractivity contribution in [1.29, 1.82) is 0 Å². The lowest BCUT2D eigenvalue weighted by molar-refractivity contribution is 0.351. The third-order valence-electron chi connectivity index (χ3n) is 2.94. The molecule has 2 nitrogen and oxygen atoms in total. The highest BCUT2D eigenvalue weighted by atomic mass is 35.5. The van der Waals surface area contributed by atoms with Gasteiger partial charge < -0.3 is 9.47 Å². The highest BCUT2D eigenvalue weighted by Crippen LogP contribution is 2.37. The quantitative estimate of drug-likeness (QED) is 0.753. The van der Waals surface area contributed by atoms with Gasteiger partial charge >= 0.3 is 0 Å². The summed E-state index contributed by atoms with van der Waals surface area (Å²) in [6, 6.07) is 9.75. The Morgan fingerprint density at radius 1 is 1.00 bits per heavy atom. The minimum absolute atomic E-state index is 0.326. The molecule has 0 saturated heterocycles. The zero-order valence-electron chi connectivity index (χ0n) is 11.0. The molecule has 106 valence electrons. The van der Waals surface area contributed by atoms with Crippen molar-refractivity contribution < 1.29 is 13.9 Å². The summed E-state index contributed by atoms with van der Waals surface area (Å²) in [5, 5.41) is -0.0301. The predicted molar refractivity (Wildman–Crippen MR) is 78.7 cm³/mol. The first kappa shape index (κ1) is 14.9. The number of halogens is 3. The standard InChI is InChI=1S/C15H13Cl2FO2/c1-19-13-7-11(12(18)8-14(13)20-2)15(17)9-3-5-10(16)6-4-9/h3-8,15H,1-2H3. The maximum atomic E-state index is 14.1. The van der Waals surface area contributed by atoms with Crippen LogP contribution in [0.5, 0.6) is 11.5 Å². The topological polar surface area (TPSA) is 18.5 Å². The van der Waals surface area contributed by atoms with E-state index in [0.29, 0.717) is 22.1 Å². The fraction of sp³-hybridized carbons (Fsp3) is 0.200. The van der Waals surface area contributed by atoms with Crippen LogP contribution in [0.25, 0.3) is 0 Å². The molecule has 1 unspecified atom stereocenters. The van der Waals surface area contributed by atoms with E-state index in [2.05, 4.69) is 0 Å². The van der Waals surface area contributed by atoms with E-state index in [4.69, 9.17) is 32.7 Å². The molecule has 0 bridgehead atoms. The lowest BCUT2D eigenvalue weighted by Crippen LogP contribution is -2.00. The molecule has 2 aromatic rings. The Kier molecular flexibility index (Phi) is 4.73. The highest BCUT2D eigenvalue weighted by Gasteiger charge is 2.19. The van der Waals surface area contributed by atoms with Gasteiger partial charge in [0.15, 0.2) is 11.5 Å². The molecule has 0 fully saturated rings. The van der Waals surface area contributed by atoms with Gasteiger partial charge in [-0.25, -0.2) is 4.39 Å². The molecule has 0 amide bonds. The lowest BCUT2D eigenvalue weighted by Gasteiger charge is -2.15. The SMILES string of the molecule is COc1cc(F)c(C(Cl)c2ccc(Cl)cc2)cc1OC. The minimum Gasteiger partial charge on any atom is -0.493 e. The van der Waals surface area contributed by atoms with Crippen molar-refractivity contribution in [2.75, 3.05) is 14.2 Å². The van der Waals surface area contributed by atoms with Crippen LogP contribution in [0.3, 0.4) is 0 Å². The predicted octanol–water partition coefficient (Wildman–Crippen LogP) is 4.82. The van der Waals surface area contributed by atoms with Crippen LogP contribution >= 0.6 is 23.2 Å². The smallest absolute Gasteiger partial charge is 0.163 e. The molecule has 1 atom stereocenters. The molecule has 5 heteroatoms. The van der Waals surface area contributed by atoms with Crippen LogP contribution in [-0.2, 0) is 0 Å². The van der Waals surface area contributed by atoms with Gasteiger partial charge in [0.25, 0.3) is 0 Å². The summed E-state index contributed by atoms with van der Waals surface area (Å²) in [5.41, 5.74) is 1.08. The molecule has 0 aliphatic rings. The van der Waals surface area contributed by atoms with Crippen molar-refractivity contribution in [2.45, 2.75) is 5.38 Å². The minimum atomic E-state index is -0.632. The summed E-state index contributed by atoms with van der Waals surface area (Å²) in [6.45, 7) is 0. The molecule has 2 aromatic carbocycles. The van der Waals surface area contributed by atoms with E-state index < -0.39 is 11.2 Å². The van der Waals surface area contributed by atoms with Gasteiger partial charge in [-0.05, 0) is 23.8 Å². The van der Waals surface area contributed by atoms with Crippen molar-refractivity contribution in [2.24, 2.45) is 0 Å². The van der Waals surface area contributed by atoms with Gasteiger partial charge in [-0.15, -0.1) is 11.6 Å². The first-order chi connectivity index (χ1) is 9.56. The van der Waals surface area contributed by atoms with Crippen LogP contribution in [0, 0.1) is 5.82 Å². The molecule has 0 aromatic heterocycles. The fourth-order valence-electron chi connectivity index (χ4n) is 1.88. The number of benzene rings is 2. The van der Waals surface area contributed by atoms with Crippen LogP contribution in [0.2, 0.25) is 5.02 Å². The summed E-state index contributed by atoms with van der Waals surface area (Å²) in [6.07, 6.45) is 0. The van der Waals surface area contributed by atoms with Crippen LogP contribution in [0.15, 0.2) is 36.4 Å². The summed E-state index contributed by atoms with van der Waals surface area (Å²) < 4.78 is 24.3. The van der Waals surface area contributed by atoms with Crippen LogP contribution < -0.4 is 9.47 Å². The van der Waals surface area contributed by atoms with Gasteiger partial charge in [0.05, 0.1) is 19.6 Å². The van der Waals surface area contributed by atoms with Gasteiger partial charge in [0, 0.05) is 16.7 Å². The summed E-state index contributed by atoms with van der Waals surface area (Å²) >= 11 is 12.2. The third kappa shape index (κ3) is 3.00. The van der Waals surface area contributed by atoms with E-state index in [1.807, 2.05) is 0 Å².